The van der Waals surface area contributed by atoms with Crippen molar-refractivity contribution < 1.29 is 5.21 Å². The van der Waals surface area contributed by atoms with Crippen LogP contribution in [0.25, 0.3) is 0 Å². The summed E-state index contributed by atoms with van der Waals surface area (Å²) >= 11 is 3.64. The van der Waals surface area contributed by atoms with Gasteiger partial charge in [-0.15, -0.1) is 11.8 Å². The summed E-state index contributed by atoms with van der Waals surface area (Å²) in [4.78, 5) is 0. The maximum atomic E-state index is 8.45. The molecule has 0 aromatic rings. The Kier molecular flexibility index (Phi) is 3.39. The molecule has 1 rings (SSSR count). The third kappa shape index (κ3) is 2.20. The minimum absolute atomic E-state index is 0.193. The molecule has 11 heavy (non-hydrogen) atoms. The van der Waals surface area contributed by atoms with Crippen molar-refractivity contribution in [2.24, 2.45) is 10.9 Å². The molecule has 1 saturated heterocycles. The highest BCUT2D eigenvalue weighted by atomic mass is 32.2. The Balaban J connectivity index is 2.54. The zero-order chi connectivity index (χ0) is 8.27. The lowest BCUT2D eigenvalue weighted by Gasteiger charge is -2.26. The van der Waals surface area contributed by atoms with Crippen molar-refractivity contribution in [3.8, 4) is 0 Å². The highest BCUT2D eigenvalue weighted by Crippen LogP contribution is 2.30. The number of amidine groups is 1. The lowest BCUT2D eigenvalue weighted by molar-refractivity contribution is 0.317. The van der Waals surface area contributed by atoms with Crippen LogP contribution in [-0.4, -0.2) is 33.0 Å². The van der Waals surface area contributed by atoms with Crippen LogP contribution in [0.1, 0.15) is 6.92 Å². The molecule has 0 amide bonds. The first-order chi connectivity index (χ1) is 5.25. The SMILES string of the molecule is CC1SCCSC1C(N)=NO. The molecular formula is C6H12N2OS2. The minimum atomic E-state index is 0.193. The zero-order valence-electron chi connectivity index (χ0n) is 6.36. The molecule has 2 atom stereocenters. The van der Waals surface area contributed by atoms with Crippen molar-refractivity contribution in [2.75, 3.05) is 11.5 Å². The largest absolute Gasteiger partial charge is 0.409 e. The molecule has 0 aromatic heterocycles. The Morgan fingerprint density at radius 1 is 1.55 bits per heavy atom. The first-order valence-electron chi connectivity index (χ1n) is 3.46. The molecule has 1 aliphatic rings. The summed E-state index contributed by atoms with van der Waals surface area (Å²) in [6.07, 6.45) is 0. The van der Waals surface area contributed by atoms with E-state index in [2.05, 4.69) is 12.1 Å². The number of thioether (sulfide) groups is 2. The van der Waals surface area contributed by atoms with Crippen LogP contribution >= 0.6 is 23.5 Å². The van der Waals surface area contributed by atoms with Crippen LogP contribution in [0.2, 0.25) is 0 Å². The second kappa shape index (κ2) is 4.11. The number of nitrogens with zero attached hydrogens (tertiary/aromatic N) is 1. The Morgan fingerprint density at radius 3 is 2.73 bits per heavy atom. The van der Waals surface area contributed by atoms with Crippen LogP contribution in [0.5, 0.6) is 0 Å². The van der Waals surface area contributed by atoms with Crippen molar-refractivity contribution in [2.45, 2.75) is 17.4 Å². The highest BCUT2D eigenvalue weighted by Gasteiger charge is 2.25. The van der Waals surface area contributed by atoms with Gasteiger partial charge in [-0.2, -0.15) is 11.8 Å². The molecule has 3 nitrogen and oxygen atoms in total. The fourth-order valence-electron chi connectivity index (χ4n) is 1.01. The van der Waals surface area contributed by atoms with E-state index in [9.17, 15) is 0 Å². The minimum Gasteiger partial charge on any atom is -0.409 e. The summed E-state index contributed by atoms with van der Waals surface area (Å²) in [6, 6.07) is 0. The van der Waals surface area contributed by atoms with E-state index in [-0.39, 0.29) is 5.25 Å². The molecule has 0 aromatic carbocycles. The Hall–Kier alpha value is -0.0300. The van der Waals surface area contributed by atoms with Crippen molar-refractivity contribution in [3.05, 3.63) is 0 Å². The van der Waals surface area contributed by atoms with Gasteiger partial charge >= 0.3 is 0 Å². The summed E-state index contributed by atoms with van der Waals surface area (Å²) in [5, 5.41) is 12.1. The molecule has 0 aliphatic carbocycles. The summed E-state index contributed by atoms with van der Waals surface area (Å²) in [5.74, 6) is 2.62. The van der Waals surface area contributed by atoms with Crippen LogP contribution in [0.3, 0.4) is 0 Å². The smallest absolute Gasteiger partial charge is 0.153 e. The molecule has 1 fully saturated rings. The fourth-order valence-corrected chi connectivity index (χ4v) is 3.68. The molecule has 1 heterocycles. The predicted octanol–water partition coefficient (Wildman–Crippen LogP) is 0.970. The average molecular weight is 192 g/mol. The number of rotatable bonds is 1. The number of nitrogens with two attached hydrogens (primary N) is 1. The van der Waals surface area contributed by atoms with Crippen LogP contribution in [-0.2, 0) is 0 Å². The van der Waals surface area contributed by atoms with E-state index in [4.69, 9.17) is 10.9 Å². The Labute approximate surface area is 74.8 Å². The van der Waals surface area contributed by atoms with Gasteiger partial charge < -0.3 is 10.9 Å². The third-order valence-corrected chi connectivity index (χ3v) is 4.71. The summed E-state index contributed by atoms with van der Waals surface area (Å²) in [5.41, 5.74) is 5.50. The molecule has 64 valence electrons. The van der Waals surface area contributed by atoms with E-state index >= 15 is 0 Å². The topological polar surface area (TPSA) is 58.6 Å². The maximum absolute atomic E-state index is 8.45. The van der Waals surface area contributed by atoms with Crippen LogP contribution in [0.15, 0.2) is 5.16 Å². The second-order valence-electron chi connectivity index (χ2n) is 2.39. The lowest BCUT2D eigenvalue weighted by Crippen LogP contribution is -2.36. The van der Waals surface area contributed by atoms with E-state index in [1.165, 1.54) is 5.75 Å². The van der Waals surface area contributed by atoms with E-state index in [1.807, 2.05) is 11.8 Å². The molecule has 0 saturated carbocycles. The van der Waals surface area contributed by atoms with Crippen molar-refractivity contribution >= 4 is 29.4 Å². The zero-order valence-corrected chi connectivity index (χ0v) is 7.99. The van der Waals surface area contributed by atoms with Crippen molar-refractivity contribution in [1.82, 2.24) is 0 Å². The van der Waals surface area contributed by atoms with Gasteiger partial charge in [0.1, 0.15) is 0 Å². The Morgan fingerprint density at radius 2 is 2.18 bits per heavy atom. The number of hydrogen-bond acceptors (Lipinski definition) is 4. The van der Waals surface area contributed by atoms with Gasteiger partial charge in [-0.1, -0.05) is 12.1 Å². The quantitative estimate of drug-likeness (QED) is 0.281. The van der Waals surface area contributed by atoms with Gasteiger partial charge in [0, 0.05) is 16.8 Å². The van der Waals surface area contributed by atoms with E-state index in [0.717, 1.165) is 5.75 Å². The normalized spacial score (nSPS) is 33.7. The first-order valence-corrected chi connectivity index (χ1v) is 5.56. The van der Waals surface area contributed by atoms with E-state index in [0.29, 0.717) is 11.1 Å². The van der Waals surface area contributed by atoms with Gasteiger partial charge in [0.25, 0.3) is 0 Å². The van der Waals surface area contributed by atoms with Crippen LogP contribution in [0, 0.1) is 0 Å². The maximum Gasteiger partial charge on any atom is 0.153 e. The molecule has 0 spiro atoms. The van der Waals surface area contributed by atoms with Gasteiger partial charge in [-0.05, 0) is 0 Å². The summed E-state index contributed by atoms with van der Waals surface area (Å²) < 4.78 is 0. The molecule has 5 heteroatoms. The van der Waals surface area contributed by atoms with Crippen molar-refractivity contribution in [1.29, 1.82) is 0 Å². The molecule has 1 aliphatic heterocycles. The number of hydrogen-bond donors (Lipinski definition) is 2. The summed E-state index contributed by atoms with van der Waals surface area (Å²) in [7, 11) is 0. The Bertz CT molecular complexity index is 163. The van der Waals surface area contributed by atoms with Gasteiger partial charge in [0.15, 0.2) is 5.84 Å². The van der Waals surface area contributed by atoms with Gasteiger partial charge in [0.05, 0.1) is 5.25 Å². The molecule has 3 N–H and O–H groups in total. The van der Waals surface area contributed by atoms with Gasteiger partial charge in [-0.3, -0.25) is 0 Å². The standard InChI is InChI=1S/C6H12N2OS2/c1-4-5(6(7)8-9)11-3-2-10-4/h4-5,9H,2-3H2,1H3,(H2,7,8). The number of oxime groups is 1. The highest BCUT2D eigenvalue weighted by molar-refractivity contribution is 8.07. The third-order valence-electron chi connectivity index (χ3n) is 1.59. The lowest BCUT2D eigenvalue weighted by atomic mass is 10.3. The monoisotopic (exact) mass is 192 g/mol. The molecule has 0 radical (unpaired) electrons. The molecular weight excluding hydrogens is 180 g/mol. The van der Waals surface area contributed by atoms with Crippen molar-refractivity contribution in [3.63, 3.8) is 0 Å². The predicted molar refractivity (Wildman–Crippen MR) is 51.6 cm³/mol. The van der Waals surface area contributed by atoms with Crippen LogP contribution in [0.4, 0.5) is 0 Å². The first kappa shape index (κ1) is 9.06. The molecule has 2 unspecified atom stereocenters. The van der Waals surface area contributed by atoms with E-state index in [1.54, 1.807) is 11.8 Å². The second-order valence-corrected chi connectivity index (χ2v) is 5.13. The molecule has 0 bridgehead atoms. The fraction of sp³-hybridized carbons (Fsp3) is 0.833. The summed E-state index contributed by atoms with van der Waals surface area (Å²) in [6.45, 7) is 2.11. The van der Waals surface area contributed by atoms with Gasteiger partial charge in [0.2, 0.25) is 0 Å². The average Bonchev–Trinajstić information content (AvgIpc) is 2.04. The van der Waals surface area contributed by atoms with E-state index < -0.39 is 0 Å². The van der Waals surface area contributed by atoms with Crippen LogP contribution < -0.4 is 5.73 Å². The van der Waals surface area contributed by atoms with Gasteiger partial charge in [-0.25, -0.2) is 0 Å².